The summed E-state index contributed by atoms with van der Waals surface area (Å²) in [4.78, 5) is 16.6. The molecule has 2 heterocycles. The Bertz CT molecular complexity index is 1080. The molecule has 0 aliphatic carbocycles. The van der Waals surface area contributed by atoms with Gasteiger partial charge in [0, 0.05) is 6.61 Å². The van der Waals surface area contributed by atoms with Gasteiger partial charge in [-0.15, -0.1) is 0 Å². The highest BCUT2D eigenvalue weighted by molar-refractivity contribution is 5.92. The number of aromatic nitrogens is 2. The number of halogens is 3. The van der Waals surface area contributed by atoms with Gasteiger partial charge in [-0.3, -0.25) is 4.57 Å². The molecule has 1 saturated heterocycles. The molecule has 0 spiro atoms. The van der Waals surface area contributed by atoms with Crippen molar-refractivity contribution in [2.75, 3.05) is 13.7 Å². The third kappa shape index (κ3) is 3.37. The first-order valence-electron chi connectivity index (χ1n) is 9.20. The Morgan fingerprint density at radius 2 is 2.07 bits per heavy atom. The zero-order valence-corrected chi connectivity index (χ0v) is 15.9. The molecule has 0 bridgehead atoms. The second kappa shape index (κ2) is 7.18. The molecule has 8 heteroatoms. The Hall–Kier alpha value is -2.87. The van der Waals surface area contributed by atoms with Crippen LogP contribution >= 0.6 is 0 Å². The van der Waals surface area contributed by atoms with Gasteiger partial charge in [0.15, 0.2) is 0 Å². The second-order valence-electron chi connectivity index (χ2n) is 6.95. The van der Waals surface area contributed by atoms with E-state index in [1.807, 2.05) is 0 Å². The number of fused-ring (bicyclic) bond motifs is 1. The molecule has 1 fully saturated rings. The Morgan fingerprint density at radius 1 is 1.28 bits per heavy atom. The van der Waals surface area contributed by atoms with Crippen LogP contribution in [0.1, 0.15) is 46.3 Å². The van der Waals surface area contributed by atoms with Gasteiger partial charge >= 0.3 is 12.1 Å². The van der Waals surface area contributed by atoms with Crippen LogP contribution in [0.15, 0.2) is 36.4 Å². The molecule has 3 aromatic rings. The summed E-state index contributed by atoms with van der Waals surface area (Å²) in [7, 11) is 1.30. The van der Waals surface area contributed by atoms with E-state index in [1.54, 1.807) is 29.7 Å². The highest BCUT2D eigenvalue weighted by atomic mass is 19.4. The van der Waals surface area contributed by atoms with E-state index in [0.717, 1.165) is 25.0 Å². The van der Waals surface area contributed by atoms with E-state index in [4.69, 9.17) is 9.47 Å². The fourth-order valence-corrected chi connectivity index (χ4v) is 3.72. The van der Waals surface area contributed by atoms with Gasteiger partial charge < -0.3 is 9.47 Å². The van der Waals surface area contributed by atoms with Crippen molar-refractivity contribution in [1.82, 2.24) is 9.55 Å². The predicted octanol–water partition coefficient (Wildman–Crippen LogP) is 4.99. The van der Waals surface area contributed by atoms with E-state index in [-0.39, 0.29) is 11.6 Å². The van der Waals surface area contributed by atoms with Crippen LogP contribution in [0.5, 0.6) is 0 Å². The van der Waals surface area contributed by atoms with Gasteiger partial charge in [0.1, 0.15) is 11.9 Å². The molecule has 5 nitrogen and oxygen atoms in total. The van der Waals surface area contributed by atoms with Crippen molar-refractivity contribution in [2.45, 2.75) is 32.0 Å². The molecule has 1 aliphatic rings. The molecule has 0 saturated carbocycles. The first-order valence-corrected chi connectivity index (χ1v) is 9.20. The number of carbonyl (C=O) groups excluding carboxylic acids is 1. The van der Waals surface area contributed by atoms with Crippen LogP contribution in [-0.4, -0.2) is 29.2 Å². The third-order valence-electron chi connectivity index (χ3n) is 5.18. The minimum Gasteiger partial charge on any atom is -0.465 e. The first-order chi connectivity index (χ1) is 13.8. The Balaban J connectivity index is 1.97. The minimum absolute atomic E-state index is 0.230. The van der Waals surface area contributed by atoms with Crippen molar-refractivity contribution in [2.24, 2.45) is 0 Å². The molecule has 1 aliphatic heterocycles. The van der Waals surface area contributed by atoms with E-state index < -0.39 is 17.7 Å². The maximum absolute atomic E-state index is 13.2. The van der Waals surface area contributed by atoms with Gasteiger partial charge in [0.2, 0.25) is 0 Å². The monoisotopic (exact) mass is 404 g/mol. The summed E-state index contributed by atoms with van der Waals surface area (Å²) in [5, 5.41) is 0. The maximum Gasteiger partial charge on any atom is 0.416 e. The normalized spacial score (nSPS) is 17.1. The molecular weight excluding hydrogens is 385 g/mol. The highest BCUT2D eigenvalue weighted by Gasteiger charge is 2.32. The molecule has 0 radical (unpaired) electrons. The van der Waals surface area contributed by atoms with Crippen molar-refractivity contribution >= 4 is 17.0 Å². The van der Waals surface area contributed by atoms with Gasteiger partial charge in [-0.05, 0) is 55.7 Å². The van der Waals surface area contributed by atoms with Crippen LogP contribution in [-0.2, 0) is 15.7 Å². The van der Waals surface area contributed by atoms with Crippen LogP contribution < -0.4 is 0 Å². The predicted molar refractivity (Wildman–Crippen MR) is 100 cm³/mol. The van der Waals surface area contributed by atoms with Gasteiger partial charge in [-0.25, -0.2) is 9.78 Å². The summed E-state index contributed by atoms with van der Waals surface area (Å²) in [5.74, 6) is 0.0498. The summed E-state index contributed by atoms with van der Waals surface area (Å²) in [6.07, 6.45) is -3.20. The van der Waals surface area contributed by atoms with E-state index >= 15 is 0 Å². The summed E-state index contributed by atoms with van der Waals surface area (Å²) in [6, 6.07) is 8.66. The number of methoxy groups -OCH3 is 1. The van der Waals surface area contributed by atoms with Crippen LogP contribution in [0.25, 0.3) is 16.7 Å². The summed E-state index contributed by atoms with van der Waals surface area (Å²) in [5.41, 5.74) is 1.69. The van der Waals surface area contributed by atoms with Crippen molar-refractivity contribution in [3.05, 3.63) is 58.9 Å². The van der Waals surface area contributed by atoms with Crippen LogP contribution in [0, 0.1) is 6.92 Å². The Kier molecular flexibility index (Phi) is 4.82. The van der Waals surface area contributed by atoms with Crippen LogP contribution in [0.2, 0.25) is 0 Å². The number of rotatable bonds is 3. The van der Waals surface area contributed by atoms with Crippen LogP contribution in [0.3, 0.4) is 0 Å². The Morgan fingerprint density at radius 3 is 2.72 bits per heavy atom. The van der Waals surface area contributed by atoms with Crippen LogP contribution in [0.4, 0.5) is 13.2 Å². The zero-order valence-electron chi connectivity index (χ0n) is 15.9. The molecule has 2 aromatic carbocycles. The van der Waals surface area contributed by atoms with Crippen molar-refractivity contribution in [1.29, 1.82) is 0 Å². The number of imidazole rings is 1. The van der Waals surface area contributed by atoms with Crippen molar-refractivity contribution in [3.63, 3.8) is 0 Å². The third-order valence-corrected chi connectivity index (χ3v) is 5.18. The second-order valence-corrected chi connectivity index (χ2v) is 6.95. The van der Waals surface area contributed by atoms with E-state index in [9.17, 15) is 18.0 Å². The topological polar surface area (TPSA) is 53.4 Å². The smallest absolute Gasteiger partial charge is 0.416 e. The maximum atomic E-state index is 13.2. The number of hydrogen-bond acceptors (Lipinski definition) is 4. The number of carbonyl (C=O) groups is 1. The lowest BCUT2D eigenvalue weighted by molar-refractivity contribution is -0.137. The molecule has 0 N–H and O–H groups in total. The zero-order chi connectivity index (χ0) is 20.8. The first kappa shape index (κ1) is 19.4. The van der Waals surface area contributed by atoms with E-state index in [1.165, 1.54) is 13.2 Å². The summed E-state index contributed by atoms with van der Waals surface area (Å²) >= 11 is 0. The lowest BCUT2D eigenvalue weighted by Gasteiger charge is -2.17. The van der Waals surface area contributed by atoms with Gasteiger partial charge in [-0.1, -0.05) is 6.07 Å². The Labute approximate surface area is 165 Å². The molecule has 4 rings (SSSR count). The average molecular weight is 404 g/mol. The van der Waals surface area contributed by atoms with E-state index in [0.29, 0.717) is 34.8 Å². The molecule has 1 atom stereocenters. The molecule has 0 amide bonds. The average Bonchev–Trinajstić information content (AvgIpc) is 3.34. The SMILES string of the molecule is COC(=O)c1cccc(-n2c([C@H]3CCCO3)nc3cc(C(F)(F)F)ccc32)c1C. The standard InChI is InChI=1S/C21H19F3N2O3/c1-12-14(20(27)28-2)5-3-6-16(12)26-17-9-8-13(21(22,23)24)11-15(17)25-19(26)18-7-4-10-29-18/h3,5-6,8-9,11,18H,4,7,10H2,1-2H3/t18-/m1/s1. The lowest BCUT2D eigenvalue weighted by Crippen LogP contribution is -2.11. The summed E-state index contributed by atoms with van der Waals surface area (Å²) < 4.78 is 51.9. The summed E-state index contributed by atoms with van der Waals surface area (Å²) in [6.45, 7) is 2.35. The number of nitrogens with zero attached hydrogens (tertiary/aromatic N) is 2. The van der Waals surface area contributed by atoms with Gasteiger partial charge in [0.25, 0.3) is 0 Å². The van der Waals surface area contributed by atoms with E-state index in [2.05, 4.69) is 4.98 Å². The minimum atomic E-state index is -4.46. The number of esters is 1. The van der Waals surface area contributed by atoms with Crippen molar-refractivity contribution < 1.29 is 27.4 Å². The molecule has 29 heavy (non-hydrogen) atoms. The fourth-order valence-electron chi connectivity index (χ4n) is 3.72. The van der Waals surface area contributed by atoms with Gasteiger partial charge in [-0.2, -0.15) is 13.2 Å². The fraction of sp³-hybridized carbons (Fsp3) is 0.333. The molecule has 0 unspecified atom stereocenters. The molecule has 152 valence electrons. The number of hydrogen-bond donors (Lipinski definition) is 0. The molecule has 1 aromatic heterocycles. The number of ether oxygens (including phenoxy) is 2. The van der Waals surface area contributed by atoms with Crippen molar-refractivity contribution in [3.8, 4) is 5.69 Å². The number of alkyl halides is 3. The highest BCUT2D eigenvalue weighted by Crippen LogP contribution is 2.37. The number of benzene rings is 2. The molecular formula is C21H19F3N2O3. The largest absolute Gasteiger partial charge is 0.465 e. The quantitative estimate of drug-likeness (QED) is 0.577. The van der Waals surface area contributed by atoms with Gasteiger partial charge in [0.05, 0.1) is 35.0 Å². The lowest BCUT2D eigenvalue weighted by atomic mass is 10.1.